The molecular formula is C26H29N4O2PS. The zero-order valence-corrected chi connectivity index (χ0v) is 21.2. The summed E-state index contributed by atoms with van der Waals surface area (Å²) in [6, 6.07) is 9.78. The van der Waals surface area contributed by atoms with E-state index in [1.807, 2.05) is 36.5 Å². The van der Waals surface area contributed by atoms with Crippen molar-refractivity contribution >= 4 is 26.4 Å². The summed E-state index contributed by atoms with van der Waals surface area (Å²) >= 11 is 1.73. The number of aromatic nitrogens is 2. The molecule has 0 bridgehead atoms. The van der Waals surface area contributed by atoms with Gasteiger partial charge in [-0.1, -0.05) is 24.0 Å². The van der Waals surface area contributed by atoms with Gasteiger partial charge < -0.3 is 20.5 Å². The Labute approximate surface area is 206 Å². The summed E-state index contributed by atoms with van der Waals surface area (Å²) in [7, 11) is 4.80. The Morgan fingerprint density at radius 3 is 2.82 bits per heavy atom. The maximum atomic E-state index is 10.2. The third kappa shape index (κ3) is 5.26. The Hall–Kier alpha value is -2.49. The summed E-state index contributed by atoms with van der Waals surface area (Å²) < 4.78 is 6.04. The number of hydrogen-bond donors (Lipinski definition) is 2. The van der Waals surface area contributed by atoms with E-state index in [1.54, 1.807) is 17.5 Å². The van der Waals surface area contributed by atoms with Crippen molar-refractivity contribution in [2.24, 2.45) is 0 Å². The van der Waals surface area contributed by atoms with Crippen LogP contribution in [0, 0.1) is 11.8 Å². The zero-order valence-electron chi connectivity index (χ0n) is 19.2. The fraction of sp³-hybridized carbons (Fsp3) is 0.385. The number of nitrogens with two attached hydrogens (primary N) is 1. The largest absolute Gasteiger partial charge is 0.485 e. The van der Waals surface area contributed by atoms with Gasteiger partial charge in [-0.25, -0.2) is 9.97 Å². The van der Waals surface area contributed by atoms with Crippen LogP contribution < -0.4 is 10.5 Å². The molecule has 3 atom stereocenters. The van der Waals surface area contributed by atoms with Crippen molar-refractivity contribution < 1.29 is 9.84 Å². The van der Waals surface area contributed by atoms with Crippen molar-refractivity contribution in [3.63, 3.8) is 0 Å². The van der Waals surface area contributed by atoms with E-state index in [2.05, 4.69) is 38.0 Å². The van der Waals surface area contributed by atoms with E-state index in [0.29, 0.717) is 30.5 Å². The second-order valence-corrected chi connectivity index (χ2v) is 11.1. The second kappa shape index (κ2) is 9.64. The molecule has 1 saturated carbocycles. The Morgan fingerprint density at radius 2 is 2.06 bits per heavy atom. The van der Waals surface area contributed by atoms with E-state index >= 15 is 0 Å². The van der Waals surface area contributed by atoms with Crippen LogP contribution in [0.1, 0.15) is 41.3 Å². The minimum absolute atomic E-state index is 0.160. The Balaban J connectivity index is 1.27. The van der Waals surface area contributed by atoms with Crippen molar-refractivity contribution in [1.29, 1.82) is 0 Å². The number of likely N-dealkylation sites (tertiary alicyclic amines) is 1. The fourth-order valence-electron chi connectivity index (χ4n) is 4.07. The van der Waals surface area contributed by atoms with Crippen LogP contribution in [0.5, 0.6) is 5.75 Å². The van der Waals surface area contributed by atoms with E-state index in [0.717, 1.165) is 47.5 Å². The fourth-order valence-corrected chi connectivity index (χ4v) is 5.58. The molecule has 1 saturated heterocycles. The molecule has 2 aromatic heterocycles. The van der Waals surface area contributed by atoms with E-state index in [1.165, 1.54) is 5.01 Å². The number of rotatable bonds is 5. The number of benzene rings is 1. The lowest BCUT2D eigenvalue weighted by Gasteiger charge is -2.27. The van der Waals surface area contributed by atoms with Gasteiger partial charge in [-0.2, -0.15) is 0 Å². The van der Waals surface area contributed by atoms with E-state index < -0.39 is 5.60 Å². The summed E-state index contributed by atoms with van der Waals surface area (Å²) in [4.78, 5) is 12.5. The second-order valence-electron chi connectivity index (χ2n) is 9.22. The van der Waals surface area contributed by atoms with Crippen molar-refractivity contribution in [1.82, 2.24) is 14.9 Å². The van der Waals surface area contributed by atoms with E-state index in [-0.39, 0.29) is 5.66 Å². The summed E-state index contributed by atoms with van der Waals surface area (Å²) in [6.07, 6.45) is 6.73. The molecule has 0 radical (unpaired) electrons. The van der Waals surface area contributed by atoms with E-state index in [9.17, 15) is 5.11 Å². The third-order valence-electron chi connectivity index (χ3n) is 6.49. The minimum atomic E-state index is -0.860. The molecule has 5 rings (SSSR count). The van der Waals surface area contributed by atoms with Gasteiger partial charge in [0.15, 0.2) is 11.6 Å². The van der Waals surface area contributed by atoms with Gasteiger partial charge in [-0.15, -0.1) is 20.6 Å². The molecule has 1 aliphatic carbocycles. The number of aliphatic hydroxyl groups is 1. The molecule has 3 heterocycles. The Morgan fingerprint density at radius 1 is 1.26 bits per heavy atom. The molecule has 8 heteroatoms. The predicted molar refractivity (Wildman–Crippen MR) is 140 cm³/mol. The first-order valence-electron chi connectivity index (χ1n) is 11.5. The summed E-state index contributed by atoms with van der Waals surface area (Å²) in [6.45, 7) is 2.59. The lowest BCUT2D eigenvalue weighted by atomic mass is 9.98. The molecule has 176 valence electrons. The summed E-state index contributed by atoms with van der Waals surface area (Å²) in [5.41, 5.74) is 8.20. The SMILES string of the molecule is CN1CCC(c2ncc(-c3cnc(N)c(OCc4cccc(C#CC5(O)CC5P)c4)c3)s2)CC1. The quantitative estimate of drug-likeness (QED) is 0.415. The highest BCUT2D eigenvalue weighted by atomic mass is 32.1. The van der Waals surface area contributed by atoms with Crippen LogP contribution in [-0.4, -0.2) is 51.4 Å². The molecule has 3 unspecified atom stereocenters. The summed E-state index contributed by atoms with van der Waals surface area (Å²) in [5, 5.41) is 11.4. The number of pyridine rings is 1. The molecule has 6 nitrogen and oxygen atoms in total. The number of piperidine rings is 1. The van der Waals surface area contributed by atoms with Crippen molar-refractivity contribution in [3.05, 3.63) is 58.9 Å². The van der Waals surface area contributed by atoms with Crippen LogP contribution in [0.15, 0.2) is 42.7 Å². The van der Waals surface area contributed by atoms with E-state index in [4.69, 9.17) is 15.5 Å². The monoisotopic (exact) mass is 492 g/mol. The third-order valence-corrected chi connectivity index (χ3v) is 8.48. The van der Waals surface area contributed by atoms with Crippen molar-refractivity contribution in [2.75, 3.05) is 25.9 Å². The van der Waals surface area contributed by atoms with Gasteiger partial charge in [0.05, 0.1) is 9.88 Å². The highest BCUT2D eigenvalue weighted by molar-refractivity contribution is 7.18. The smallest absolute Gasteiger partial charge is 0.166 e. The van der Waals surface area contributed by atoms with Crippen LogP contribution in [-0.2, 0) is 6.61 Å². The highest BCUT2D eigenvalue weighted by Crippen LogP contribution is 2.42. The van der Waals surface area contributed by atoms with Crippen molar-refractivity contribution in [2.45, 2.75) is 43.0 Å². The maximum Gasteiger partial charge on any atom is 0.166 e. The molecule has 0 amide bonds. The van der Waals surface area contributed by atoms with Gasteiger partial charge in [-0.05, 0) is 63.2 Å². The minimum Gasteiger partial charge on any atom is -0.485 e. The van der Waals surface area contributed by atoms with Gasteiger partial charge >= 0.3 is 0 Å². The van der Waals surface area contributed by atoms with Crippen LogP contribution in [0.2, 0.25) is 0 Å². The van der Waals surface area contributed by atoms with Gasteiger partial charge in [0.25, 0.3) is 0 Å². The summed E-state index contributed by atoms with van der Waals surface area (Å²) in [5.74, 6) is 7.50. The molecule has 2 aliphatic rings. The first kappa shape index (κ1) is 23.3. The number of nitrogen functional groups attached to an aromatic ring is 1. The zero-order chi connectivity index (χ0) is 23.7. The standard InChI is InChI=1S/C26H29N4O2PS/c1-30-9-6-19(7-10-30)25-29-15-22(34-25)20-12-21(24(27)28-14-20)32-16-18-4-2-3-17(11-18)5-8-26(31)13-23(26)33/h2-4,11-12,14-15,19,23,31H,6-7,9-10,13,16,33H2,1H3,(H2,27,28). The lowest BCUT2D eigenvalue weighted by molar-refractivity contribution is 0.214. The van der Waals surface area contributed by atoms with Crippen LogP contribution in [0.3, 0.4) is 0 Å². The number of ether oxygens (including phenoxy) is 1. The normalized spacial score (nSPS) is 22.7. The Bertz CT molecular complexity index is 1240. The van der Waals surface area contributed by atoms with Gasteiger partial charge in [0, 0.05) is 35.1 Å². The lowest BCUT2D eigenvalue weighted by Crippen LogP contribution is -2.29. The molecule has 3 aromatic rings. The average molecular weight is 493 g/mol. The first-order valence-corrected chi connectivity index (χ1v) is 13.0. The van der Waals surface area contributed by atoms with Crippen LogP contribution in [0.25, 0.3) is 10.4 Å². The average Bonchev–Trinajstić information content (AvgIpc) is 3.21. The van der Waals surface area contributed by atoms with Gasteiger partial charge in [0.1, 0.15) is 12.2 Å². The van der Waals surface area contributed by atoms with Gasteiger partial charge in [0.2, 0.25) is 0 Å². The molecule has 3 N–H and O–H groups in total. The van der Waals surface area contributed by atoms with Gasteiger partial charge in [-0.3, -0.25) is 0 Å². The molecule has 1 aromatic carbocycles. The first-order chi connectivity index (χ1) is 16.4. The molecular weight excluding hydrogens is 463 g/mol. The Kier molecular flexibility index (Phi) is 6.59. The number of anilines is 1. The topological polar surface area (TPSA) is 84.5 Å². The van der Waals surface area contributed by atoms with Crippen LogP contribution >= 0.6 is 20.6 Å². The number of hydrogen-bond acceptors (Lipinski definition) is 7. The molecule has 2 fully saturated rings. The predicted octanol–water partition coefficient (Wildman–Crippen LogP) is 3.91. The number of nitrogens with zero attached hydrogens (tertiary/aromatic N) is 3. The molecule has 34 heavy (non-hydrogen) atoms. The molecule has 1 aliphatic heterocycles. The van der Waals surface area contributed by atoms with Crippen molar-refractivity contribution in [3.8, 4) is 28.0 Å². The highest BCUT2D eigenvalue weighted by Gasteiger charge is 2.48. The maximum absolute atomic E-state index is 10.2. The number of thiazole rings is 1. The van der Waals surface area contributed by atoms with Crippen LogP contribution in [0.4, 0.5) is 5.82 Å². The molecule has 0 spiro atoms.